The maximum absolute atomic E-state index is 11.8. The molecule has 114 valence electrons. The fourth-order valence-electron chi connectivity index (χ4n) is 2.78. The first-order valence-electron chi connectivity index (χ1n) is 7.07. The minimum Gasteiger partial charge on any atom is -0.465 e. The molecular formula is C15H20N2O4. The Hall–Kier alpha value is -2.11. The average Bonchev–Trinajstić information content (AvgIpc) is 2.48. The first kappa shape index (κ1) is 15.3. The monoisotopic (exact) mass is 292 g/mol. The lowest BCUT2D eigenvalue weighted by Crippen LogP contribution is -2.41. The molecule has 6 heteroatoms. The van der Waals surface area contributed by atoms with Gasteiger partial charge in [-0.05, 0) is 37.8 Å². The van der Waals surface area contributed by atoms with E-state index in [2.05, 4.69) is 23.5 Å². The van der Waals surface area contributed by atoms with E-state index in [1.54, 1.807) is 12.1 Å². The predicted molar refractivity (Wildman–Crippen MR) is 79.6 cm³/mol. The highest BCUT2D eigenvalue weighted by Crippen LogP contribution is 2.31. The largest absolute Gasteiger partial charge is 0.465 e. The van der Waals surface area contributed by atoms with Crippen molar-refractivity contribution < 1.29 is 14.5 Å². The van der Waals surface area contributed by atoms with Crippen LogP contribution in [0.25, 0.3) is 0 Å². The molecule has 2 unspecified atom stereocenters. The Balaban J connectivity index is 2.41. The van der Waals surface area contributed by atoms with Gasteiger partial charge in [0.2, 0.25) is 0 Å². The first-order chi connectivity index (χ1) is 9.93. The van der Waals surface area contributed by atoms with E-state index in [9.17, 15) is 14.9 Å². The molecule has 1 heterocycles. The number of carbonyl (C=O) groups is 1. The predicted octanol–water partition coefficient (Wildman–Crippen LogP) is 3.01. The maximum Gasteiger partial charge on any atom is 0.344 e. The van der Waals surface area contributed by atoms with Crippen LogP contribution in [0.2, 0.25) is 0 Å². The summed E-state index contributed by atoms with van der Waals surface area (Å²) in [7, 11) is 1.23. The van der Waals surface area contributed by atoms with Gasteiger partial charge in [0.25, 0.3) is 5.69 Å². The van der Waals surface area contributed by atoms with E-state index in [4.69, 9.17) is 0 Å². The van der Waals surface area contributed by atoms with Crippen LogP contribution >= 0.6 is 0 Å². The minimum absolute atomic E-state index is 0.00502. The van der Waals surface area contributed by atoms with E-state index in [0.29, 0.717) is 12.0 Å². The van der Waals surface area contributed by atoms with Crippen LogP contribution in [0.4, 0.5) is 11.4 Å². The van der Waals surface area contributed by atoms with Crippen LogP contribution < -0.4 is 4.90 Å². The average molecular weight is 292 g/mol. The van der Waals surface area contributed by atoms with Crippen molar-refractivity contribution in [2.75, 3.05) is 18.6 Å². The molecule has 1 aliphatic rings. The number of nitrogens with zero attached hydrogens (tertiary/aromatic N) is 2. The molecule has 0 bridgehead atoms. The Kier molecular flexibility index (Phi) is 4.45. The standard InChI is InChI=1S/C15H20N2O4/c1-10-4-5-11(2)16(9-10)12-6-7-14(17(19)20)13(8-12)15(18)21-3/h6-8,10-11H,4-5,9H2,1-3H3. The zero-order chi connectivity index (χ0) is 15.6. The van der Waals surface area contributed by atoms with E-state index in [1.165, 1.54) is 19.6 Å². The summed E-state index contributed by atoms with van der Waals surface area (Å²) in [5.74, 6) is -0.112. The number of methoxy groups -OCH3 is 1. The van der Waals surface area contributed by atoms with Crippen LogP contribution in [0.3, 0.4) is 0 Å². The number of rotatable bonds is 3. The molecule has 1 saturated heterocycles. The highest BCUT2D eigenvalue weighted by Gasteiger charge is 2.27. The second-order valence-corrected chi connectivity index (χ2v) is 5.63. The molecule has 1 aromatic carbocycles. The van der Waals surface area contributed by atoms with Crippen molar-refractivity contribution in [2.24, 2.45) is 5.92 Å². The van der Waals surface area contributed by atoms with Crippen molar-refractivity contribution in [3.8, 4) is 0 Å². The minimum atomic E-state index is -0.679. The van der Waals surface area contributed by atoms with Crippen molar-refractivity contribution in [3.63, 3.8) is 0 Å². The Morgan fingerprint density at radius 2 is 2.10 bits per heavy atom. The lowest BCUT2D eigenvalue weighted by molar-refractivity contribution is -0.385. The van der Waals surface area contributed by atoms with Crippen LogP contribution in [0, 0.1) is 16.0 Å². The third kappa shape index (κ3) is 3.15. The van der Waals surface area contributed by atoms with Gasteiger partial charge in [0.1, 0.15) is 5.56 Å². The maximum atomic E-state index is 11.8. The Morgan fingerprint density at radius 3 is 2.71 bits per heavy atom. The smallest absolute Gasteiger partial charge is 0.344 e. The molecule has 2 rings (SSSR count). The van der Waals surface area contributed by atoms with Crippen molar-refractivity contribution >= 4 is 17.3 Å². The highest BCUT2D eigenvalue weighted by molar-refractivity contribution is 5.95. The highest BCUT2D eigenvalue weighted by atomic mass is 16.6. The molecule has 21 heavy (non-hydrogen) atoms. The molecule has 1 aromatic rings. The lowest BCUT2D eigenvalue weighted by atomic mass is 9.94. The summed E-state index contributed by atoms with van der Waals surface area (Å²) in [6.45, 7) is 5.20. The fraction of sp³-hybridized carbons (Fsp3) is 0.533. The first-order valence-corrected chi connectivity index (χ1v) is 7.07. The Bertz CT molecular complexity index is 559. The number of nitro groups is 1. The summed E-state index contributed by atoms with van der Waals surface area (Å²) in [6, 6.07) is 5.01. The van der Waals surface area contributed by atoms with Gasteiger partial charge in [-0.1, -0.05) is 6.92 Å². The number of benzene rings is 1. The van der Waals surface area contributed by atoms with Crippen LogP contribution in [-0.4, -0.2) is 30.6 Å². The van der Waals surface area contributed by atoms with Crippen molar-refractivity contribution in [2.45, 2.75) is 32.7 Å². The lowest BCUT2D eigenvalue weighted by Gasteiger charge is -2.38. The van der Waals surface area contributed by atoms with Gasteiger partial charge in [0.05, 0.1) is 12.0 Å². The van der Waals surface area contributed by atoms with Crippen LogP contribution in [0.1, 0.15) is 37.0 Å². The molecule has 0 aliphatic carbocycles. The summed E-state index contributed by atoms with van der Waals surface area (Å²) >= 11 is 0. The number of esters is 1. The number of carbonyl (C=O) groups excluding carboxylic acids is 1. The molecule has 0 saturated carbocycles. The normalized spacial score (nSPS) is 22.0. The van der Waals surface area contributed by atoms with Gasteiger partial charge in [-0.2, -0.15) is 0 Å². The zero-order valence-corrected chi connectivity index (χ0v) is 12.5. The Morgan fingerprint density at radius 1 is 1.38 bits per heavy atom. The van der Waals surface area contributed by atoms with Gasteiger partial charge in [-0.15, -0.1) is 0 Å². The molecule has 0 radical (unpaired) electrons. The molecule has 6 nitrogen and oxygen atoms in total. The second-order valence-electron chi connectivity index (χ2n) is 5.63. The summed E-state index contributed by atoms with van der Waals surface area (Å²) in [6.07, 6.45) is 2.25. The third-order valence-electron chi connectivity index (χ3n) is 4.03. The molecule has 0 N–H and O–H groups in total. The quantitative estimate of drug-likeness (QED) is 0.486. The van der Waals surface area contributed by atoms with Crippen molar-refractivity contribution in [3.05, 3.63) is 33.9 Å². The molecule has 0 spiro atoms. The van der Waals surface area contributed by atoms with E-state index in [-0.39, 0.29) is 11.3 Å². The third-order valence-corrected chi connectivity index (χ3v) is 4.03. The van der Waals surface area contributed by atoms with E-state index < -0.39 is 10.9 Å². The summed E-state index contributed by atoms with van der Waals surface area (Å²) in [5, 5.41) is 11.0. The number of hydrogen-bond donors (Lipinski definition) is 0. The summed E-state index contributed by atoms with van der Waals surface area (Å²) in [5.41, 5.74) is 0.619. The van der Waals surface area contributed by atoms with Gasteiger partial charge in [-0.25, -0.2) is 4.79 Å². The second kappa shape index (κ2) is 6.11. The van der Waals surface area contributed by atoms with Gasteiger partial charge < -0.3 is 9.64 Å². The number of ether oxygens (including phenoxy) is 1. The van der Waals surface area contributed by atoms with Crippen LogP contribution in [0.5, 0.6) is 0 Å². The number of nitro benzene ring substituents is 1. The number of hydrogen-bond acceptors (Lipinski definition) is 5. The Labute approximate surface area is 123 Å². The molecular weight excluding hydrogens is 272 g/mol. The van der Waals surface area contributed by atoms with Crippen LogP contribution in [-0.2, 0) is 4.74 Å². The van der Waals surface area contributed by atoms with Crippen molar-refractivity contribution in [1.29, 1.82) is 0 Å². The SMILES string of the molecule is COC(=O)c1cc(N2CC(C)CCC2C)ccc1[N+](=O)[O-]. The number of anilines is 1. The van der Waals surface area contributed by atoms with Gasteiger partial charge in [-0.3, -0.25) is 10.1 Å². The molecule has 1 aliphatic heterocycles. The van der Waals surface area contributed by atoms with Crippen molar-refractivity contribution in [1.82, 2.24) is 0 Å². The molecule has 0 aromatic heterocycles. The summed E-state index contributed by atoms with van der Waals surface area (Å²) < 4.78 is 4.66. The van der Waals surface area contributed by atoms with E-state index in [1.807, 2.05) is 0 Å². The van der Waals surface area contributed by atoms with Gasteiger partial charge in [0, 0.05) is 24.3 Å². The van der Waals surface area contributed by atoms with E-state index >= 15 is 0 Å². The topological polar surface area (TPSA) is 72.7 Å². The molecule has 1 fully saturated rings. The molecule has 2 atom stereocenters. The van der Waals surface area contributed by atoms with Gasteiger partial charge >= 0.3 is 5.97 Å². The zero-order valence-electron chi connectivity index (χ0n) is 12.5. The van der Waals surface area contributed by atoms with E-state index in [0.717, 1.165) is 18.7 Å². The fourth-order valence-corrected chi connectivity index (χ4v) is 2.78. The molecule has 0 amide bonds. The number of piperidine rings is 1. The van der Waals surface area contributed by atoms with Gasteiger partial charge in [0.15, 0.2) is 0 Å². The van der Waals surface area contributed by atoms with Crippen LogP contribution in [0.15, 0.2) is 18.2 Å². The summed E-state index contributed by atoms with van der Waals surface area (Å²) in [4.78, 5) is 24.4.